The fourth-order valence-electron chi connectivity index (χ4n) is 1.97. The summed E-state index contributed by atoms with van der Waals surface area (Å²) < 4.78 is 0. The van der Waals surface area contributed by atoms with Gasteiger partial charge in [-0.15, -0.1) is 11.3 Å². The number of aryl methyl sites for hydroxylation is 3. The molecule has 0 fully saturated rings. The first-order valence-corrected chi connectivity index (χ1v) is 7.28. The average molecular weight is 276 g/mol. The largest absolute Gasteiger partial charge is 0.271 e. The van der Waals surface area contributed by atoms with Gasteiger partial charge in [0.1, 0.15) is 0 Å². The second kappa shape index (κ2) is 6.75. The lowest BCUT2D eigenvalue weighted by atomic mass is 10.1. The molecule has 1 unspecified atom stereocenters. The Labute approximate surface area is 118 Å². The quantitative estimate of drug-likeness (QED) is 0.627. The molecule has 5 heteroatoms. The zero-order chi connectivity index (χ0) is 13.7. The fraction of sp³-hybridized carbons (Fsp3) is 0.429. The second-order valence-electron chi connectivity index (χ2n) is 4.72. The summed E-state index contributed by atoms with van der Waals surface area (Å²) in [5.74, 6) is 5.64. The minimum atomic E-state index is 0.255. The molecule has 2 aromatic heterocycles. The molecule has 0 aliphatic heterocycles. The molecule has 3 N–H and O–H groups in total. The first-order chi connectivity index (χ1) is 9.19. The highest BCUT2D eigenvalue weighted by Crippen LogP contribution is 2.18. The van der Waals surface area contributed by atoms with E-state index in [1.807, 2.05) is 12.3 Å². The van der Waals surface area contributed by atoms with E-state index in [4.69, 9.17) is 5.84 Å². The smallest absolute Gasteiger partial charge is 0.0946 e. The normalized spacial score (nSPS) is 12.6. The number of nitrogens with zero attached hydrogens (tertiary/aromatic N) is 2. The van der Waals surface area contributed by atoms with Crippen molar-refractivity contribution >= 4 is 11.3 Å². The Balaban J connectivity index is 1.90. The van der Waals surface area contributed by atoms with Crippen LogP contribution in [0.2, 0.25) is 0 Å². The highest BCUT2D eigenvalue weighted by Gasteiger charge is 2.12. The Morgan fingerprint density at radius 3 is 2.84 bits per heavy atom. The predicted octanol–water partition coefficient (Wildman–Crippen LogP) is 2.16. The molecule has 0 bridgehead atoms. The highest BCUT2D eigenvalue weighted by atomic mass is 32.1. The fourth-order valence-corrected chi connectivity index (χ4v) is 2.98. The van der Waals surface area contributed by atoms with Gasteiger partial charge < -0.3 is 0 Å². The van der Waals surface area contributed by atoms with Crippen LogP contribution in [0.5, 0.6) is 0 Å². The van der Waals surface area contributed by atoms with Crippen LogP contribution in [0, 0.1) is 13.8 Å². The number of thiazole rings is 1. The van der Waals surface area contributed by atoms with E-state index in [0.29, 0.717) is 0 Å². The molecule has 0 amide bonds. The summed E-state index contributed by atoms with van der Waals surface area (Å²) in [7, 11) is 0. The van der Waals surface area contributed by atoms with Gasteiger partial charge in [-0.1, -0.05) is 6.07 Å². The molecule has 0 radical (unpaired) electrons. The van der Waals surface area contributed by atoms with Gasteiger partial charge in [0, 0.05) is 29.7 Å². The number of hydrogen-bond acceptors (Lipinski definition) is 5. The number of nitrogens with two attached hydrogens (primary N) is 1. The van der Waals surface area contributed by atoms with Crippen molar-refractivity contribution in [2.24, 2.45) is 5.84 Å². The molecule has 102 valence electrons. The van der Waals surface area contributed by atoms with E-state index in [1.54, 1.807) is 17.5 Å². The second-order valence-corrected chi connectivity index (χ2v) is 6.00. The number of hydrogen-bond donors (Lipinski definition) is 2. The molecule has 0 aliphatic rings. The molecule has 2 heterocycles. The van der Waals surface area contributed by atoms with Crippen LogP contribution >= 0.6 is 11.3 Å². The molecule has 0 aromatic carbocycles. The van der Waals surface area contributed by atoms with Crippen LogP contribution in [0.4, 0.5) is 0 Å². The number of nitrogens with one attached hydrogen (secondary N) is 1. The van der Waals surface area contributed by atoms with Gasteiger partial charge in [0.15, 0.2) is 0 Å². The van der Waals surface area contributed by atoms with E-state index in [-0.39, 0.29) is 6.04 Å². The van der Waals surface area contributed by atoms with Crippen molar-refractivity contribution in [3.05, 3.63) is 45.7 Å². The molecular weight excluding hydrogens is 256 g/mol. The van der Waals surface area contributed by atoms with Crippen molar-refractivity contribution in [3.8, 4) is 0 Å². The van der Waals surface area contributed by atoms with Crippen molar-refractivity contribution in [3.63, 3.8) is 0 Å². The third-order valence-corrected chi connectivity index (χ3v) is 4.33. The van der Waals surface area contributed by atoms with Crippen LogP contribution < -0.4 is 11.3 Å². The zero-order valence-corrected chi connectivity index (χ0v) is 12.2. The molecule has 0 saturated heterocycles. The maximum atomic E-state index is 5.64. The van der Waals surface area contributed by atoms with Crippen LogP contribution in [0.25, 0.3) is 0 Å². The van der Waals surface area contributed by atoms with E-state index in [9.17, 15) is 0 Å². The first kappa shape index (κ1) is 14.1. The average Bonchev–Trinajstić information content (AvgIpc) is 2.74. The lowest BCUT2D eigenvalue weighted by Crippen LogP contribution is -2.37. The molecule has 2 rings (SSSR count). The van der Waals surface area contributed by atoms with E-state index < -0.39 is 0 Å². The Hall–Kier alpha value is -1.30. The third-order valence-electron chi connectivity index (χ3n) is 3.23. The van der Waals surface area contributed by atoms with Gasteiger partial charge in [-0.3, -0.25) is 16.3 Å². The van der Waals surface area contributed by atoms with Crippen molar-refractivity contribution in [1.82, 2.24) is 15.4 Å². The van der Waals surface area contributed by atoms with Crippen LogP contribution in [0.3, 0.4) is 0 Å². The molecule has 1 atom stereocenters. The van der Waals surface area contributed by atoms with Crippen molar-refractivity contribution in [2.45, 2.75) is 39.2 Å². The monoisotopic (exact) mass is 276 g/mol. The Morgan fingerprint density at radius 2 is 2.26 bits per heavy atom. The van der Waals surface area contributed by atoms with Gasteiger partial charge in [0.25, 0.3) is 0 Å². The summed E-state index contributed by atoms with van der Waals surface area (Å²) in [5.41, 5.74) is 5.27. The Morgan fingerprint density at radius 1 is 1.42 bits per heavy atom. The minimum absolute atomic E-state index is 0.255. The highest BCUT2D eigenvalue weighted by molar-refractivity contribution is 7.11. The summed E-state index contributed by atoms with van der Waals surface area (Å²) in [6.45, 7) is 4.16. The number of hydrazine groups is 1. The van der Waals surface area contributed by atoms with E-state index in [0.717, 1.165) is 30.0 Å². The van der Waals surface area contributed by atoms with E-state index >= 15 is 0 Å². The lowest BCUT2D eigenvalue weighted by molar-refractivity contribution is 0.490. The van der Waals surface area contributed by atoms with Crippen LogP contribution in [-0.4, -0.2) is 16.0 Å². The lowest BCUT2D eigenvalue weighted by Gasteiger charge is -2.14. The third kappa shape index (κ3) is 4.09. The van der Waals surface area contributed by atoms with Gasteiger partial charge in [-0.25, -0.2) is 4.98 Å². The number of aromatic nitrogens is 2. The number of rotatable bonds is 6. The van der Waals surface area contributed by atoms with Crippen molar-refractivity contribution < 1.29 is 0 Å². The van der Waals surface area contributed by atoms with Crippen molar-refractivity contribution in [1.29, 1.82) is 0 Å². The zero-order valence-electron chi connectivity index (χ0n) is 11.4. The van der Waals surface area contributed by atoms with Crippen LogP contribution in [0.15, 0.2) is 24.5 Å². The SMILES string of the molecule is Cc1nc(CC(CCc2cccnc2)NN)sc1C. The molecule has 0 saturated carbocycles. The molecule has 2 aromatic rings. The molecule has 4 nitrogen and oxygen atoms in total. The first-order valence-electron chi connectivity index (χ1n) is 6.47. The summed E-state index contributed by atoms with van der Waals surface area (Å²) in [5, 5.41) is 1.16. The minimum Gasteiger partial charge on any atom is -0.271 e. The molecule has 0 aliphatic carbocycles. The van der Waals surface area contributed by atoms with E-state index in [2.05, 4.69) is 35.3 Å². The van der Waals surface area contributed by atoms with Crippen molar-refractivity contribution in [2.75, 3.05) is 0 Å². The standard InChI is InChI=1S/C14H20N4S/c1-10-11(2)19-14(17-10)8-13(18-15)6-5-12-4-3-7-16-9-12/h3-4,7,9,13,18H,5-6,8,15H2,1-2H3. The van der Waals surface area contributed by atoms with Gasteiger partial charge in [0.05, 0.1) is 10.7 Å². The van der Waals surface area contributed by atoms with Gasteiger partial charge in [-0.05, 0) is 38.3 Å². The Kier molecular flexibility index (Phi) is 5.01. The summed E-state index contributed by atoms with van der Waals surface area (Å²) in [6.07, 6.45) is 6.55. The molecule has 0 spiro atoms. The molecular formula is C14H20N4S. The predicted molar refractivity (Wildman–Crippen MR) is 79.0 cm³/mol. The number of pyridine rings is 1. The maximum Gasteiger partial charge on any atom is 0.0946 e. The topological polar surface area (TPSA) is 63.8 Å². The summed E-state index contributed by atoms with van der Waals surface area (Å²) >= 11 is 1.76. The van der Waals surface area contributed by atoms with Crippen LogP contribution in [0.1, 0.15) is 27.6 Å². The molecule has 19 heavy (non-hydrogen) atoms. The maximum absolute atomic E-state index is 5.64. The Bertz CT molecular complexity index is 490. The van der Waals surface area contributed by atoms with Gasteiger partial charge in [0.2, 0.25) is 0 Å². The summed E-state index contributed by atoms with van der Waals surface area (Å²) in [4.78, 5) is 9.98. The van der Waals surface area contributed by atoms with Crippen LogP contribution in [-0.2, 0) is 12.8 Å². The van der Waals surface area contributed by atoms with Gasteiger partial charge >= 0.3 is 0 Å². The summed E-state index contributed by atoms with van der Waals surface area (Å²) in [6, 6.07) is 4.32. The van der Waals surface area contributed by atoms with E-state index in [1.165, 1.54) is 10.4 Å². The van der Waals surface area contributed by atoms with Gasteiger partial charge in [-0.2, -0.15) is 0 Å².